The maximum atomic E-state index is 12.5. The highest BCUT2D eigenvalue weighted by molar-refractivity contribution is 5.94. The molecule has 2 fully saturated rings. The van der Waals surface area contributed by atoms with Gasteiger partial charge in [0.2, 0.25) is 5.88 Å². The highest BCUT2D eigenvalue weighted by Crippen LogP contribution is 2.17. The van der Waals surface area contributed by atoms with Crippen molar-refractivity contribution in [3.05, 3.63) is 23.9 Å². The van der Waals surface area contributed by atoms with E-state index in [2.05, 4.69) is 9.88 Å². The number of aliphatic hydroxyl groups is 1. The first-order chi connectivity index (χ1) is 11.8. The third kappa shape index (κ3) is 4.43. The van der Waals surface area contributed by atoms with Crippen LogP contribution in [0.5, 0.6) is 5.88 Å². The van der Waals surface area contributed by atoms with Gasteiger partial charge in [0.25, 0.3) is 5.91 Å². The fourth-order valence-corrected chi connectivity index (χ4v) is 3.04. The van der Waals surface area contributed by atoms with Gasteiger partial charge in [0.05, 0.1) is 25.4 Å². The van der Waals surface area contributed by atoms with Crippen molar-refractivity contribution in [2.24, 2.45) is 0 Å². The van der Waals surface area contributed by atoms with Gasteiger partial charge in [-0.15, -0.1) is 0 Å². The number of carbonyl (C=O) groups excluding carboxylic acids is 1. The number of hydrogen-bond donors (Lipinski definition) is 1. The standard InChI is InChI=1S/C17H25N3O4/c21-10-9-19-5-7-20(8-6-19)17(22)14-1-2-16(18-13-14)24-15-3-11-23-12-4-15/h1-2,13,15,21H,3-12H2. The molecule has 0 aromatic carbocycles. The van der Waals surface area contributed by atoms with E-state index in [4.69, 9.17) is 14.6 Å². The average Bonchev–Trinajstić information content (AvgIpc) is 2.64. The SMILES string of the molecule is O=C(c1ccc(OC2CCOCC2)nc1)N1CCN(CCO)CC1. The summed E-state index contributed by atoms with van der Waals surface area (Å²) in [4.78, 5) is 20.8. The maximum Gasteiger partial charge on any atom is 0.255 e. The highest BCUT2D eigenvalue weighted by atomic mass is 16.5. The number of aliphatic hydroxyl groups excluding tert-OH is 1. The molecule has 24 heavy (non-hydrogen) atoms. The van der Waals surface area contributed by atoms with Crippen molar-refractivity contribution in [3.63, 3.8) is 0 Å². The van der Waals surface area contributed by atoms with Crippen LogP contribution in [0.2, 0.25) is 0 Å². The molecule has 0 radical (unpaired) electrons. The summed E-state index contributed by atoms with van der Waals surface area (Å²) >= 11 is 0. The molecule has 1 aromatic rings. The van der Waals surface area contributed by atoms with Crippen molar-refractivity contribution in [2.75, 3.05) is 52.5 Å². The van der Waals surface area contributed by atoms with Crippen LogP contribution < -0.4 is 4.74 Å². The minimum Gasteiger partial charge on any atom is -0.474 e. The van der Waals surface area contributed by atoms with E-state index in [1.54, 1.807) is 18.3 Å². The summed E-state index contributed by atoms with van der Waals surface area (Å²) in [5.41, 5.74) is 0.588. The third-order valence-corrected chi connectivity index (χ3v) is 4.51. The number of aromatic nitrogens is 1. The van der Waals surface area contributed by atoms with Gasteiger partial charge in [-0.2, -0.15) is 0 Å². The van der Waals surface area contributed by atoms with E-state index in [-0.39, 0.29) is 18.6 Å². The lowest BCUT2D eigenvalue weighted by Crippen LogP contribution is -2.49. The average molecular weight is 335 g/mol. The molecule has 1 amide bonds. The number of ether oxygens (including phenoxy) is 2. The van der Waals surface area contributed by atoms with Gasteiger partial charge in [-0.25, -0.2) is 4.98 Å². The van der Waals surface area contributed by atoms with Crippen LogP contribution >= 0.6 is 0 Å². The number of piperazine rings is 1. The Morgan fingerprint density at radius 3 is 2.62 bits per heavy atom. The fourth-order valence-electron chi connectivity index (χ4n) is 3.04. The second-order valence-corrected chi connectivity index (χ2v) is 6.17. The Morgan fingerprint density at radius 1 is 1.25 bits per heavy atom. The summed E-state index contributed by atoms with van der Waals surface area (Å²) in [6, 6.07) is 3.55. The molecule has 0 aliphatic carbocycles. The van der Waals surface area contributed by atoms with Crippen LogP contribution in [0.25, 0.3) is 0 Å². The Hall–Kier alpha value is -1.70. The van der Waals surface area contributed by atoms with E-state index in [0.29, 0.717) is 31.1 Å². The molecule has 132 valence electrons. The van der Waals surface area contributed by atoms with Crippen molar-refractivity contribution >= 4 is 5.91 Å². The molecule has 1 N–H and O–H groups in total. The summed E-state index contributed by atoms with van der Waals surface area (Å²) in [5.74, 6) is 0.565. The van der Waals surface area contributed by atoms with E-state index < -0.39 is 0 Å². The number of nitrogens with zero attached hydrogens (tertiary/aromatic N) is 3. The van der Waals surface area contributed by atoms with Gasteiger partial charge in [-0.05, 0) is 6.07 Å². The topological polar surface area (TPSA) is 75.1 Å². The van der Waals surface area contributed by atoms with Crippen molar-refractivity contribution in [3.8, 4) is 5.88 Å². The van der Waals surface area contributed by atoms with E-state index >= 15 is 0 Å². The molecular formula is C17H25N3O4. The van der Waals surface area contributed by atoms with Crippen LogP contribution in [0.15, 0.2) is 18.3 Å². The summed E-state index contributed by atoms with van der Waals surface area (Å²) in [5, 5.41) is 8.97. The minimum atomic E-state index is 0.00349. The predicted molar refractivity (Wildman–Crippen MR) is 88.1 cm³/mol. The molecule has 0 atom stereocenters. The normalized spacial score (nSPS) is 20.1. The first kappa shape index (κ1) is 17.1. The number of rotatable bonds is 5. The van der Waals surface area contributed by atoms with E-state index in [9.17, 15) is 4.79 Å². The lowest BCUT2D eigenvalue weighted by Gasteiger charge is -2.34. The lowest BCUT2D eigenvalue weighted by atomic mass is 10.1. The summed E-state index contributed by atoms with van der Waals surface area (Å²) < 4.78 is 11.1. The molecular weight excluding hydrogens is 310 g/mol. The molecule has 2 aliphatic heterocycles. The monoisotopic (exact) mass is 335 g/mol. The number of hydrogen-bond acceptors (Lipinski definition) is 6. The van der Waals surface area contributed by atoms with Crippen LogP contribution in [0.1, 0.15) is 23.2 Å². The molecule has 0 bridgehead atoms. The van der Waals surface area contributed by atoms with Gasteiger partial charge in [-0.1, -0.05) is 0 Å². The molecule has 0 saturated carbocycles. The minimum absolute atomic E-state index is 0.00349. The molecule has 3 rings (SSSR count). The molecule has 0 unspecified atom stereocenters. The Bertz CT molecular complexity index is 523. The van der Waals surface area contributed by atoms with E-state index in [1.807, 2.05) is 4.90 Å². The first-order valence-electron chi connectivity index (χ1n) is 8.59. The van der Waals surface area contributed by atoms with Gasteiger partial charge in [-0.3, -0.25) is 9.69 Å². The second-order valence-electron chi connectivity index (χ2n) is 6.17. The van der Waals surface area contributed by atoms with Crippen LogP contribution in [0.3, 0.4) is 0 Å². The third-order valence-electron chi connectivity index (χ3n) is 4.51. The van der Waals surface area contributed by atoms with E-state index in [0.717, 1.165) is 39.1 Å². The molecule has 2 saturated heterocycles. The molecule has 7 heteroatoms. The summed E-state index contributed by atoms with van der Waals surface area (Å²) in [6.07, 6.45) is 3.49. The zero-order valence-electron chi connectivity index (χ0n) is 13.9. The van der Waals surface area contributed by atoms with Gasteiger partial charge in [0, 0.05) is 57.8 Å². The summed E-state index contributed by atoms with van der Waals surface area (Å²) in [6.45, 7) is 5.23. The van der Waals surface area contributed by atoms with Gasteiger partial charge in [0.1, 0.15) is 6.10 Å². The number of β-amino-alcohol motifs (C(OH)–C–C–N with tert-alkyl or cyclic N) is 1. The Morgan fingerprint density at radius 2 is 2.00 bits per heavy atom. The Kier molecular flexibility index (Phi) is 6.01. The smallest absolute Gasteiger partial charge is 0.255 e. The Labute approximate surface area is 142 Å². The van der Waals surface area contributed by atoms with Gasteiger partial charge < -0.3 is 19.5 Å². The van der Waals surface area contributed by atoms with Crippen LogP contribution in [0, 0.1) is 0 Å². The van der Waals surface area contributed by atoms with Crippen molar-refractivity contribution in [1.82, 2.24) is 14.8 Å². The van der Waals surface area contributed by atoms with Crippen LogP contribution in [0.4, 0.5) is 0 Å². The first-order valence-corrected chi connectivity index (χ1v) is 8.59. The van der Waals surface area contributed by atoms with Gasteiger partial charge >= 0.3 is 0 Å². The van der Waals surface area contributed by atoms with Crippen molar-refractivity contribution in [2.45, 2.75) is 18.9 Å². The van der Waals surface area contributed by atoms with Crippen molar-refractivity contribution < 1.29 is 19.4 Å². The second kappa shape index (κ2) is 8.41. The number of amides is 1. The van der Waals surface area contributed by atoms with Crippen LogP contribution in [-0.2, 0) is 4.74 Å². The predicted octanol–water partition coefficient (Wildman–Crippen LogP) is 0.390. The van der Waals surface area contributed by atoms with Gasteiger partial charge in [0.15, 0.2) is 0 Å². The number of pyridine rings is 1. The zero-order valence-corrected chi connectivity index (χ0v) is 13.9. The molecule has 3 heterocycles. The molecule has 1 aromatic heterocycles. The number of carbonyl (C=O) groups is 1. The molecule has 2 aliphatic rings. The Balaban J connectivity index is 1.52. The fraction of sp³-hybridized carbons (Fsp3) is 0.647. The highest BCUT2D eigenvalue weighted by Gasteiger charge is 2.22. The quantitative estimate of drug-likeness (QED) is 0.839. The van der Waals surface area contributed by atoms with E-state index in [1.165, 1.54) is 0 Å². The van der Waals surface area contributed by atoms with Crippen LogP contribution in [-0.4, -0.2) is 84.4 Å². The zero-order chi connectivity index (χ0) is 16.8. The van der Waals surface area contributed by atoms with Crippen molar-refractivity contribution in [1.29, 1.82) is 0 Å². The lowest BCUT2D eigenvalue weighted by molar-refractivity contribution is 0.0237. The summed E-state index contributed by atoms with van der Waals surface area (Å²) in [7, 11) is 0. The maximum absolute atomic E-state index is 12.5. The molecule has 0 spiro atoms. The molecule has 7 nitrogen and oxygen atoms in total. The largest absolute Gasteiger partial charge is 0.474 e.